The molecule has 0 heterocycles. The van der Waals surface area contributed by atoms with Gasteiger partial charge >= 0.3 is 0 Å². The quantitative estimate of drug-likeness (QED) is 0.815. The van der Waals surface area contributed by atoms with E-state index in [1.807, 2.05) is 0 Å². The zero-order chi connectivity index (χ0) is 12.5. The molecule has 2 unspecified atom stereocenters. The van der Waals surface area contributed by atoms with Crippen LogP contribution in [0.2, 0.25) is 0 Å². The Hall–Kier alpha value is -0.820. The van der Waals surface area contributed by atoms with Gasteiger partial charge in [0.15, 0.2) is 0 Å². The lowest BCUT2D eigenvalue weighted by Crippen LogP contribution is -2.23. The second-order valence-electron chi connectivity index (χ2n) is 6.37. The Labute approximate surface area is 106 Å². The highest BCUT2D eigenvalue weighted by atomic mass is 14.9. The SMILES string of the molecule is CC(C)CNCC1C(c2ccccc2)C1(C)C. The maximum atomic E-state index is 3.60. The van der Waals surface area contributed by atoms with Crippen LogP contribution in [-0.4, -0.2) is 13.1 Å². The molecule has 2 rings (SSSR count). The first-order valence-corrected chi connectivity index (χ1v) is 6.79. The van der Waals surface area contributed by atoms with Crippen LogP contribution in [0.25, 0.3) is 0 Å². The van der Waals surface area contributed by atoms with E-state index in [4.69, 9.17) is 0 Å². The molecule has 1 heteroatoms. The topological polar surface area (TPSA) is 12.0 Å². The van der Waals surface area contributed by atoms with Crippen molar-refractivity contribution < 1.29 is 0 Å². The molecule has 0 spiro atoms. The molecule has 0 aromatic heterocycles. The molecule has 17 heavy (non-hydrogen) atoms. The number of hydrogen-bond donors (Lipinski definition) is 1. The molecule has 2 atom stereocenters. The summed E-state index contributed by atoms with van der Waals surface area (Å²) in [7, 11) is 0. The van der Waals surface area contributed by atoms with Crippen molar-refractivity contribution in [3.8, 4) is 0 Å². The minimum Gasteiger partial charge on any atom is -0.316 e. The van der Waals surface area contributed by atoms with Crippen molar-refractivity contribution in [3.05, 3.63) is 35.9 Å². The Morgan fingerprint density at radius 3 is 2.41 bits per heavy atom. The van der Waals surface area contributed by atoms with Crippen molar-refractivity contribution in [3.63, 3.8) is 0 Å². The molecule has 0 aliphatic heterocycles. The second kappa shape index (κ2) is 4.81. The van der Waals surface area contributed by atoms with E-state index in [-0.39, 0.29) is 0 Å². The lowest BCUT2D eigenvalue weighted by atomic mass is 10.0. The molecular formula is C16H25N. The fourth-order valence-corrected chi connectivity index (χ4v) is 2.97. The molecule has 0 amide bonds. The summed E-state index contributed by atoms with van der Waals surface area (Å²) in [4.78, 5) is 0. The molecule has 1 aromatic rings. The molecule has 1 aliphatic rings. The summed E-state index contributed by atoms with van der Waals surface area (Å²) in [5.74, 6) is 2.28. The molecule has 0 bridgehead atoms. The standard InChI is InChI=1S/C16H25N/c1-12(2)10-17-11-14-15(16(14,3)4)13-8-6-5-7-9-13/h5-9,12,14-15,17H,10-11H2,1-4H3. The summed E-state index contributed by atoms with van der Waals surface area (Å²) in [5.41, 5.74) is 1.97. The van der Waals surface area contributed by atoms with E-state index in [1.165, 1.54) is 5.56 Å². The van der Waals surface area contributed by atoms with E-state index >= 15 is 0 Å². The summed E-state index contributed by atoms with van der Waals surface area (Å²) in [6.07, 6.45) is 0. The first-order chi connectivity index (χ1) is 8.03. The monoisotopic (exact) mass is 231 g/mol. The van der Waals surface area contributed by atoms with Crippen LogP contribution >= 0.6 is 0 Å². The van der Waals surface area contributed by atoms with Crippen molar-refractivity contribution in [2.24, 2.45) is 17.3 Å². The van der Waals surface area contributed by atoms with Gasteiger partial charge in [0, 0.05) is 0 Å². The minimum atomic E-state index is 0.464. The fourth-order valence-electron chi connectivity index (χ4n) is 2.97. The Morgan fingerprint density at radius 2 is 1.82 bits per heavy atom. The van der Waals surface area contributed by atoms with Crippen LogP contribution in [0.4, 0.5) is 0 Å². The van der Waals surface area contributed by atoms with Gasteiger partial charge in [-0.15, -0.1) is 0 Å². The lowest BCUT2D eigenvalue weighted by Gasteiger charge is -2.07. The molecule has 1 N–H and O–H groups in total. The average molecular weight is 231 g/mol. The summed E-state index contributed by atoms with van der Waals surface area (Å²) >= 11 is 0. The number of hydrogen-bond acceptors (Lipinski definition) is 1. The molecule has 0 saturated heterocycles. The van der Waals surface area contributed by atoms with Gasteiger partial charge in [0.25, 0.3) is 0 Å². The molecular weight excluding hydrogens is 206 g/mol. The smallest absolute Gasteiger partial charge is 0.000901 e. The van der Waals surface area contributed by atoms with Crippen molar-refractivity contribution in [1.29, 1.82) is 0 Å². The Bertz CT molecular complexity index is 353. The van der Waals surface area contributed by atoms with Gasteiger partial charge in [-0.1, -0.05) is 58.0 Å². The van der Waals surface area contributed by atoms with Gasteiger partial charge in [-0.25, -0.2) is 0 Å². The van der Waals surface area contributed by atoms with E-state index in [1.54, 1.807) is 0 Å². The van der Waals surface area contributed by atoms with Crippen LogP contribution in [0.15, 0.2) is 30.3 Å². The van der Waals surface area contributed by atoms with Crippen LogP contribution in [0.5, 0.6) is 0 Å². The van der Waals surface area contributed by atoms with Crippen molar-refractivity contribution >= 4 is 0 Å². The van der Waals surface area contributed by atoms with Gasteiger partial charge in [-0.3, -0.25) is 0 Å². The minimum absolute atomic E-state index is 0.464. The van der Waals surface area contributed by atoms with Crippen LogP contribution in [0, 0.1) is 17.3 Å². The maximum absolute atomic E-state index is 3.60. The normalized spacial score (nSPS) is 26.2. The highest BCUT2D eigenvalue weighted by Gasteiger charge is 2.57. The maximum Gasteiger partial charge on any atom is -0.000901 e. The van der Waals surface area contributed by atoms with Crippen molar-refractivity contribution in [1.82, 2.24) is 5.32 Å². The molecule has 0 radical (unpaired) electrons. The van der Waals surface area contributed by atoms with Crippen molar-refractivity contribution in [2.75, 3.05) is 13.1 Å². The molecule has 1 nitrogen and oxygen atoms in total. The van der Waals surface area contributed by atoms with Crippen LogP contribution in [0.1, 0.15) is 39.2 Å². The molecule has 1 aliphatic carbocycles. The van der Waals surface area contributed by atoms with E-state index < -0.39 is 0 Å². The van der Waals surface area contributed by atoms with Gasteiger partial charge in [-0.05, 0) is 41.8 Å². The lowest BCUT2D eigenvalue weighted by molar-refractivity contribution is 0.487. The van der Waals surface area contributed by atoms with Crippen molar-refractivity contribution in [2.45, 2.75) is 33.6 Å². The number of rotatable bonds is 5. The summed E-state index contributed by atoms with van der Waals surface area (Å²) in [6.45, 7) is 11.6. The zero-order valence-corrected chi connectivity index (χ0v) is 11.5. The Kier molecular flexibility index (Phi) is 3.58. The third kappa shape index (κ3) is 2.71. The van der Waals surface area contributed by atoms with Crippen LogP contribution in [-0.2, 0) is 0 Å². The highest BCUT2D eigenvalue weighted by Crippen LogP contribution is 2.63. The number of benzene rings is 1. The largest absolute Gasteiger partial charge is 0.316 e. The fraction of sp³-hybridized carbons (Fsp3) is 0.625. The van der Waals surface area contributed by atoms with Crippen LogP contribution < -0.4 is 5.32 Å². The van der Waals surface area contributed by atoms with Gasteiger partial charge in [0.1, 0.15) is 0 Å². The Balaban J connectivity index is 1.93. The summed E-state index contributed by atoms with van der Waals surface area (Å²) in [5, 5.41) is 3.60. The Morgan fingerprint density at radius 1 is 1.18 bits per heavy atom. The first kappa shape index (κ1) is 12.6. The van der Waals surface area contributed by atoms with E-state index in [0.29, 0.717) is 5.41 Å². The zero-order valence-electron chi connectivity index (χ0n) is 11.5. The predicted octanol–water partition coefficient (Wildman–Crippen LogP) is 3.67. The van der Waals surface area contributed by atoms with Gasteiger partial charge in [0.2, 0.25) is 0 Å². The molecule has 1 aromatic carbocycles. The van der Waals surface area contributed by atoms with Gasteiger partial charge in [-0.2, -0.15) is 0 Å². The third-order valence-corrected chi connectivity index (χ3v) is 4.13. The average Bonchev–Trinajstić information content (AvgIpc) is 2.81. The second-order valence-corrected chi connectivity index (χ2v) is 6.37. The third-order valence-electron chi connectivity index (χ3n) is 4.13. The van der Waals surface area contributed by atoms with Gasteiger partial charge in [0.05, 0.1) is 0 Å². The summed E-state index contributed by atoms with van der Waals surface area (Å²) < 4.78 is 0. The van der Waals surface area contributed by atoms with Crippen LogP contribution in [0.3, 0.4) is 0 Å². The highest BCUT2D eigenvalue weighted by molar-refractivity contribution is 5.31. The molecule has 1 fully saturated rings. The molecule has 1 saturated carbocycles. The number of nitrogens with one attached hydrogen (secondary N) is 1. The van der Waals surface area contributed by atoms with E-state index in [0.717, 1.165) is 30.8 Å². The molecule has 94 valence electrons. The van der Waals surface area contributed by atoms with E-state index in [2.05, 4.69) is 63.3 Å². The predicted molar refractivity (Wildman–Crippen MR) is 74.2 cm³/mol. The van der Waals surface area contributed by atoms with E-state index in [9.17, 15) is 0 Å². The summed E-state index contributed by atoms with van der Waals surface area (Å²) in [6, 6.07) is 11.0. The first-order valence-electron chi connectivity index (χ1n) is 6.79. The van der Waals surface area contributed by atoms with Gasteiger partial charge < -0.3 is 5.32 Å².